The van der Waals surface area contributed by atoms with Crippen LogP contribution in [0, 0.1) is 19.8 Å². The molecule has 2 heterocycles. The zero-order chi connectivity index (χ0) is 23.6. The highest BCUT2D eigenvalue weighted by Gasteiger charge is 2.32. The topological polar surface area (TPSA) is 73.0 Å². The molecule has 0 aliphatic carbocycles. The number of likely N-dealkylation sites (N-methyl/N-ethyl adjacent to an activating group) is 1. The van der Waals surface area contributed by atoms with Gasteiger partial charge in [-0.15, -0.1) is 0 Å². The summed E-state index contributed by atoms with van der Waals surface area (Å²) in [6, 6.07) is 13.4. The van der Waals surface area contributed by atoms with Crippen LogP contribution in [0.5, 0.6) is 0 Å². The molecule has 178 valence electrons. The molecule has 0 bridgehead atoms. The summed E-state index contributed by atoms with van der Waals surface area (Å²) in [6.07, 6.45) is 1.05. The average molecular weight is 471 g/mol. The summed E-state index contributed by atoms with van der Waals surface area (Å²) < 4.78 is 27.7. The van der Waals surface area contributed by atoms with E-state index in [-0.39, 0.29) is 11.8 Å². The fraction of sp³-hybridized carbons (Fsp3) is 0.480. The summed E-state index contributed by atoms with van der Waals surface area (Å²) in [5.41, 5.74) is 3.75. The summed E-state index contributed by atoms with van der Waals surface area (Å²) in [5, 5.41) is 3.02. The number of piperidine rings is 1. The molecule has 2 aromatic rings. The molecule has 0 spiro atoms. The number of nitrogens with zero attached hydrogens (tertiary/aromatic N) is 3. The largest absolute Gasteiger partial charge is 0.369 e. The Hall–Kier alpha value is -2.42. The number of sulfonamides is 1. The first kappa shape index (κ1) is 23.7. The Morgan fingerprint density at radius 1 is 0.909 bits per heavy atom. The van der Waals surface area contributed by atoms with E-state index in [1.807, 2.05) is 38.1 Å². The van der Waals surface area contributed by atoms with E-state index in [4.69, 9.17) is 0 Å². The number of rotatable bonds is 5. The highest BCUT2D eigenvalue weighted by molar-refractivity contribution is 7.89. The Morgan fingerprint density at radius 2 is 1.55 bits per heavy atom. The third-order valence-electron chi connectivity index (χ3n) is 6.78. The first-order valence-corrected chi connectivity index (χ1v) is 13.1. The zero-order valence-electron chi connectivity index (χ0n) is 19.8. The fourth-order valence-electron chi connectivity index (χ4n) is 4.65. The molecule has 2 saturated heterocycles. The minimum atomic E-state index is -3.54. The van der Waals surface area contributed by atoms with Crippen molar-refractivity contribution in [2.75, 3.05) is 56.5 Å². The van der Waals surface area contributed by atoms with Crippen LogP contribution in [0.4, 0.5) is 11.4 Å². The first-order chi connectivity index (χ1) is 15.7. The third-order valence-corrected chi connectivity index (χ3v) is 8.84. The van der Waals surface area contributed by atoms with E-state index in [2.05, 4.69) is 34.3 Å². The van der Waals surface area contributed by atoms with E-state index in [0.717, 1.165) is 43.0 Å². The second kappa shape index (κ2) is 9.83. The van der Waals surface area contributed by atoms with Gasteiger partial charge in [0, 0.05) is 56.6 Å². The van der Waals surface area contributed by atoms with Crippen LogP contribution in [-0.4, -0.2) is 69.8 Å². The summed E-state index contributed by atoms with van der Waals surface area (Å²) in [7, 11) is -1.40. The Morgan fingerprint density at radius 3 is 2.15 bits per heavy atom. The maximum absolute atomic E-state index is 13.1. The third kappa shape index (κ3) is 5.39. The molecule has 0 radical (unpaired) electrons. The SMILES string of the molecule is Cc1ccc(S(=O)(=O)N2CCC(C(=O)Nc3ccc(N4CCN(C)CC4)cc3)CC2)c(C)c1. The summed E-state index contributed by atoms with van der Waals surface area (Å²) in [5.74, 6) is -0.223. The van der Waals surface area contributed by atoms with Crippen molar-refractivity contribution < 1.29 is 13.2 Å². The van der Waals surface area contributed by atoms with Gasteiger partial charge in [-0.05, 0) is 69.6 Å². The standard InChI is InChI=1S/C25H34N4O3S/c1-19-4-9-24(20(2)18-19)33(31,32)29-12-10-21(11-13-29)25(30)26-22-5-7-23(8-6-22)28-16-14-27(3)15-17-28/h4-9,18,21H,10-17H2,1-3H3,(H,26,30). The molecule has 2 aliphatic heterocycles. The average Bonchev–Trinajstić information content (AvgIpc) is 2.80. The van der Waals surface area contributed by atoms with Gasteiger partial charge < -0.3 is 15.1 Å². The van der Waals surface area contributed by atoms with Gasteiger partial charge in [-0.3, -0.25) is 4.79 Å². The number of hydrogen-bond acceptors (Lipinski definition) is 5. The lowest BCUT2D eigenvalue weighted by atomic mass is 9.97. The molecule has 0 aromatic heterocycles. The monoisotopic (exact) mass is 470 g/mol. The molecule has 0 saturated carbocycles. The van der Waals surface area contributed by atoms with Crippen molar-refractivity contribution in [1.29, 1.82) is 0 Å². The Bertz CT molecular complexity index is 1090. The number of hydrogen-bond donors (Lipinski definition) is 1. The molecule has 0 atom stereocenters. The second-order valence-electron chi connectivity index (χ2n) is 9.27. The normalized spacial score (nSPS) is 18.9. The van der Waals surface area contributed by atoms with E-state index in [1.54, 1.807) is 6.07 Å². The van der Waals surface area contributed by atoms with Crippen LogP contribution < -0.4 is 10.2 Å². The van der Waals surface area contributed by atoms with Gasteiger partial charge in [0.05, 0.1) is 4.90 Å². The lowest BCUT2D eigenvalue weighted by Crippen LogP contribution is -2.44. The van der Waals surface area contributed by atoms with Gasteiger partial charge >= 0.3 is 0 Å². The van der Waals surface area contributed by atoms with E-state index < -0.39 is 10.0 Å². The fourth-order valence-corrected chi connectivity index (χ4v) is 6.33. The number of carbonyl (C=O) groups excluding carboxylic acids is 1. The molecular weight excluding hydrogens is 436 g/mol. The molecule has 7 nitrogen and oxygen atoms in total. The maximum Gasteiger partial charge on any atom is 0.243 e. The smallest absolute Gasteiger partial charge is 0.243 e. The molecule has 0 unspecified atom stereocenters. The number of piperazine rings is 1. The number of benzene rings is 2. The van der Waals surface area contributed by atoms with Gasteiger partial charge in [0.25, 0.3) is 0 Å². The first-order valence-electron chi connectivity index (χ1n) is 11.7. The predicted octanol–water partition coefficient (Wildman–Crippen LogP) is 3.09. The van der Waals surface area contributed by atoms with Crippen LogP contribution in [0.1, 0.15) is 24.0 Å². The molecular formula is C25H34N4O3S. The Kier molecular flexibility index (Phi) is 7.07. The van der Waals surface area contributed by atoms with E-state index >= 15 is 0 Å². The quantitative estimate of drug-likeness (QED) is 0.727. The van der Waals surface area contributed by atoms with Crippen molar-refractivity contribution in [3.8, 4) is 0 Å². The van der Waals surface area contributed by atoms with Crippen molar-refractivity contribution in [3.63, 3.8) is 0 Å². The van der Waals surface area contributed by atoms with Gasteiger partial charge in [0.15, 0.2) is 0 Å². The lowest BCUT2D eigenvalue weighted by Gasteiger charge is -2.34. The van der Waals surface area contributed by atoms with Crippen LogP contribution in [0.3, 0.4) is 0 Å². The van der Waals surface area contributed by atoms with Gasteiger partial charge in [-0.2, -0.15) is 4.31 Å². The number of carbonyl (C=O) groups is 1. The van der Waals surface area contributed by atoms with Crippen LogP contribution >= 0.6 is 0 Å². The van der Waals surface area contributed by atoms with Crippen molar-refractivity contribution in [1.82, 2.24) is 9.21 Å². The molecule has 2 fully saturated rings. The van der Waals surface area contributed by atoms with Crippen molar-refractivity contribution >= 4 is 27.3 Å². The number of nitrogens with one attached hydrogen (secondary N) is 1. The van der Waals surface area contributed by atoms with Crippen LogP contribution in [0.15, 0.2) is 47.4 Å². The van der Waals surface area contributed by atoms with Crippen molar-refractivity contribution in [3.05, 3.63) is 53.6 Å². The number of aryl methyl sites for hydroxylation is 2. The lowest BCUT2D eigenvalue weighted by molar-refractivity contribution is -0.120. The minimum absolute atomic E-state index is 0.0362. The molecule has 33 heavy (non-hydrogen) atoms. The second-order valence-corrected chi connectivity index (χ2v) is 11.2. The minimum Gasteiger partial charge on any atom is -0.369 e. The number of amides is 1. The van der Waals surface area contributed by atoms with Crippen LogP contribution in [-0.2, 0) is 14.8 Å². The molecule has 4 rings (SSSR count). The highest BCUT2D eigenvalue weighted by Crippen LogP contribution is 2.27. The van der Waals surface area contributed by atoms with Gasteiger partial charge in [-0.25, -0.2) is 8.42 Å². The van der Waals surface area contributed by atoms with Gasteiger partial charge in [0.2, 0.25) is 15.9 Å². The van der Waals surface area contributed by atoms with E-state index in [9.17, 15) is 13.2 Å². The van der Waals surface area contributed by atoms with Gasteiger partial charge in [0.1, 0.15) is 0 Å². The zero-order valence-corrected chi connectivity index (χ0v) is 20.6. The Labute approximate surface area is 197 Å². The van der Waals surface area contributed by atoms with E-state index in [1.165, 1.54) is 9.99 Å². The molecule has 8 heteroatoms. The van der Waals surface area contributed by atoms with Crippen LogP contribution in [0.2, 0.25) is 0 Å². The molecule has 1 amide bonds. The van der Waals surface area contributed by atoms with E-state index in [0.29, 0.717) is 30.8 Å². The van der Waals surface area contributed by atoms with Crippen molar-refractivity contribution in [2.45, 2.75) is 31.6 Å². The molecule has 2 aliphatic rings. The summed E-state index contributed by atoms with van der Waals surface area (Å²) in [6.45, 7) is 8.61. The van der Waals surface area contributed by atoms with Crippen LogP contribution in [0.25, 0.3) is 0 Å². The Balaban J connectivity index is 1.32. The van der Waals surface area contributed by atoms with Gasteiger partial charge in [-0.1, -0.05) is 17.7 Å². The summed E-state index contributed by atoms with van der Waals surface area (Å²) in [4.78, 5) is 17.9. The predicted molar refractivity (Wildman–Crippen MR) is 132 cm³/mol. The van der Waals surface area contributed by atoms with Crippen molar-refractivity contribution in [2.24, 2.45) is 5.92 Å². The summed E-state index contributed by atoms with van der Waals surface area (Å²) >= 11 is 0. The number of anilines is 2. The highest BCUT2D eigenvalue weighted by atomic mass is 32.2. The maximum atomic E-state index is 13.1. The molecule has 1 N–H and O–H groups in total. The molecule has 2 aromatic carbocycles.